The Morgan fingerprint density at radius 3 is 2.96 bits per heavy atom. The molecule has 1 N–H and O–H groups in total. The predicted octanol–water partition coefficient (Wildman–Crippen LogP) is 1.58. The van der Waals surface area contributed by atoms with Gasteiger partial charge in [0.05, 0.1) is 0 Å². The van der Waals surface area contributed by atoms with Crippen LogP contribution in [0.15, 0.2) is 30.9 Å². The fourth-order valence-electron chi connectivity index (χ4n) is 3.08. The van der Waals surface area contributed by atoms with E-state index in [1.165, 1.54) is 0 Å². The molecule has 0 aromatic carbocycles. The molecule has 0 spiro atoms. The van der Waals surface area contributed by atoms with Gasteiger partial charge in [-0.3, -0.25) is 9.48 Å². The molecule has 0 bridgehead atoms. The zero-order chi connectivity index (χ0) is 16.9. The lowest BCUT2D eigenvalue weighted by Crippen LogP contribution is -2.42. The Bertz CT molecular complexity index is 665. The van der Waals surface area contributed by atoms with Gasteiger partial charge in [0.2, 0.25) is 5.91 Å². The number of aromatic nitrogens is 4. The minimum Gasteiger partial charge on any atom is -0.360 e. The van der Waals surface area contributed by atoms with Gasteiger partial charge in [-0.05, 0) is 25.3 Å². The number of carbonyl (C=O) groups excluding carboxylic acids is 1. The average molecular weight is 328 g/mol. The van der Waals surface area contributed by atoms with E-state index in [4.69, 9.17) is 0 Å². The number of anilines is 1. The molecule has 2 heterocycles. The lowest BCUT2D eigenvalue weighted by atomic mass is 9.78. The van der Waals surface area contributed by atoms with E-state index in [0.717, 1.165) is 43.9 Å². The van der Waals surface area contributed by atoms with Crippen LogP contribution in [0.25, 0.3) is 0 Å². The van der Waals surface area contributed by atoms with Gasteiger partial charge in [0.25, 0.3) is 0 Å². The lowest BCUT2D eigenvalue weighted by Gasteiger charge is -2.35. The number of aryl methyl sites for hydroxylation is 1. The standard InChI is InChI=1S/C17H24N6O/c1-13(24)21-15-9-14(10-15)16-11-17(19-12-18-16)22(2)6-4-8-23-7-3-5-20-23/h3,5,7,11-12,14-15H,4,6,8-10H2,1-2H3,(H,21,24). The summed E-state index contributed by atoms with van der Waals surface area (Å²) in [5, 5.41) is 7.17. The fraction of sp³-hybridized carbons (Fsp3) is 0.529. The predicted molar refractivity (Wildman–Crippen MR) is 91.7 cm³/mol. The minimum atomic E-state index is 0.0405. The maximum atomic E-state index is 11.1. The van der Waals surface area contributed by atoms with E-state index in [2.05, 4.69) is 38.4 Å². The Morgan fingerprint density at radius 1 is 1.42 bits per heavy atom. The molecule has 1 fully saturated rings. The van der Waals surface area contributed by atoms with Crippen molar-refractivity contribution in [2.24, 2.45) is 0 Å². The van der Waals surface area contributed by atoms with Crippen molar-refractivity contribution in [3.05, 3.63) is 36.5 Å². The summed E-state index contributed by atoms with van der Waals surface area (Å²) < 4.78 is 1.94. The van der Waals surface area contributed by atoms with Gasteiger partial charge < -0.3 is 10.2 Å². The van der Waals surface area contributed by atoms with E-state index in [1.54, 1.807) is 19.4 Å². The van der Waals surface area contributed by atoms with Gasteiger partial charge in [-0.2, -0.15) is 5.10 Å². The van der Waals surface area contributed by atoms with Gasteiger partial charge in [0.1, 0.15) is 12.1 Å². The second-order valence-electron chi connectivity index (χ2n) is 6.41. The Kier molecular flexibility index (Phi) is 5.08. The van der Waals surface area contributed by atoms with Crippen molar-refractivity contribution >= 4 is 11.7 Å². The third-order valence-electron chi connectivity index (χ3n) is 4.47. The highest BCUT2D eigenvalue weighted by Gasteiger charge is 2.32. The summed E-state index contributed by atoms with van der Waals surface area (Å²) in [4.78, 5) is 22.0. The normalized spacial score (nSPS) is 19.6. The molecule has 0 aliphatic heterocycles. The Labute approximate surface area is 142 Å². The molecule has 1 aliphatic carbocycles. The second kappa shape index (κ2) is 7.42. The zero-order valence-corrected chi connectivity index (χ0v) is 14.2. The van der Waals surface area contributed by atoms with Crippen molar-refractivity contribution in [2.75, 3.05) is 18.5 Å². The highest BCUT2D eigenvalue weighted by molar-refractivity contribution is 5.73. The Hall–Kier alpha value is -2.44. The summed E-state index contributed by atoms with van der Waals surface area (Å²) in [6.07, 6.45) is 8.34. The molecule has 2 aromatic rings. The molecule has 24 heavy (non-hydrogen) atoms. The van der Waals surface area contributed by atoms with Gasteiger partial charge in [0.15, 0.2) is 0 Å². The first-order valence-corrected chi connectivity index (χ1v) is 8.39. The van der Waals surface area contributed by atoms with Gasteiger partial charge in [-0.1, -0.05) is 0 Å². The fourth-order valence-corrected chi connectivity index (χ4v) is 3.08. The molecule has 7 nitrogen and oxygen atoms in total. The van der Waals surface area contributed by atoms with E-state index in [0.29, 0.717) is 5.92 Å². The molecule has 0 unspecified atom stereocenters. The molecule has 0 atom stereocenters. The smallest absolute Gasteiger partial charge is 0.217 e. The first-order valence-electron chi connectivity index (χ1n) is 8.39. The first kappa shape index (κ1) is 16.4. The molecule has 0 saturated heterocycles. The Balaban J connectivity index is 1.50. The molecular weight excluding hydrogens is 304 g/mol. The summed E-state index contributed by atoms with van der Waals surface area (Å²) >= 11 is 0. The van der Waals surface area contributed by atoms with E-state index in [9.17, 15) is 4.79 Å². The van der Waals surface area contributed by atoms with Crippen LogP contribution in [-0.4, -0.2) is 45.3 Å². The van der Waals surface area contributed by atoms with E-state index < -0.39 is 0 Å². The summed E-state index contributed by atoms with van der Waals surface area (Å²) in [6.45, 7) is 3.38. The van der Waals surface area contributed by atoms with E-state index >= 15 is 0 Å². The number of hydrogen-bond donors (Lipinski definition) is 1. The Morgan fingerprint density at radius 2 is 2.25 bits per heavy atom. The number of rotatable bonds is 7. The molecule has 1 amide bonds. The van der Waals surface area contributed by atoms with Crippen LogP contribution in [0.4, 0.5) is 5.82 Å². The zero-order valence-electron chi connectivity index (χ0n) is 14.2. The molecule has 0 radical (unpaired) electrons. The molecule has 3 rings (SSSR count). The molecule has 128 valence electrons. The molecule has 1 saturated carbocycles. The summed E-state index contributed by atoms with van der Waals surface area (Å²) in [5.41, 5.74) is 1.07. The SMILES string of the molecule is CC(=O)NC1CC(c2cc(N(C)CCCn3cccn3)ncn2)C1. The van der Waals surface area contributed by atoms with Crippen molar-refractivity contribution in [3.8, 4) is 0 Å². The number of carbonyl (C=O) groups is 1. The third-order valence-corrected chi connectivity index (χ3v) is 4.47. The van der Waals surface area contributed by atoms with Crippen LogP contribution in [0, 0.1) is 0 Å². The minimum absolute atomic E-state index is 0.0405. The average Bonchev–Trinajstić information content (AvgIpc) is 3.03. The van der Waals surface area contributed by atoms with Gasteiger partial charge in [-0.25, -0.2) is 9.97 Å². The monoisotopic (exact) mass is 328 g/mol. The number of hydrogen-bond acceptors (Lipinski definition) is 5. The van der Waals surface area contributed by atoms with Crippen molar-refractivity contribution in [3.63, 3.8) is 0 Å². The topological polar surface area (TPSA) is 75.9 Å². The van der Waals surface area contributed by atoms with Crippen molar-refractivity contribution < 1.29 is 4.79 Å². The summed E-state index contributed by atoms with van der Waals surface area (Å²) in [7, 11) is 2.05. The van der Waals surface area contributed by atoms with Crippen LogP contribution < -0.4 is 10.2 Å². The van der Waals surface area contributed by atoms with Crippen LogP contribution in [0.1, 0.15) is 37.8 Å². The van der Waals surface area contributed by atoms with E-state index in [1.807, 2.05) is 16.9 Å². The highest BCUT2D eigenvalue weighted by Crippen LogP contribution is 2.36. The molecule has 2 aromatic heterocycles. The quantitative estimate of drug-likeness (QED) is 0.835. The third kappa shape index (κ3) is 4.10. The van der Waals surface area contributed by atoms with Crippen LogP contribution in [-0.2, 0) is 11.3 Å². The second-order valence-corrected chi connectivity index (χ2v) is 6.41. The summed E-state index contributed by atoms with van der Waals surface area (Å²) in [6, 6.07) is 4.30. The largest absolute Gasteiger partial charge is 0.360 e. The highest BCUT2D eigenvalue weighted by atomic mass is 16.1. The number of nitrogens with one attached hydrogen (secondary N) is 1. The van der Waals surface area contributed by atoms with Crippen LogP contribution in [0.5, 0.6) is 0 Å². The van der Waals surface area contributed by atoms with Gasteiger partial charge >= 0.3 is 0 Å². The molecule has 7 heteroatoms. The number of amides is 1. The van der Waals surface area contributed by atoms with Gasteiger partial charge in [-0.15, -0.1) is 0 Å². The van der Waals surface area contributed by atoms with Crippen LogP contribution in [0.3, 0.4) is 0 Å². The first-order chi connectivity index (χ1) is 11.6. The van der Waals surface area contributed by atoms with E-state index in [-0.39, 0.29) is 11.9 Å². The number of nitrogens with zero attached hydrogens (tertiary/aromatic N) is 5. The summed E-state index contributed by atoms with van der Waals surface area (Å²) in [5.74, 6) is 1.41. The maximum absolute atomic E-state index is 11.1. The van der Waals surface area contributed by atoms with Crippen molar-refractivity contribution in [2.45, 2.75) is 44.7 Å². The molecular formula is C17H24N6O. The van der Waals surface area contributed by atoms with Gasteiger partial charge in [0, 0.05) is 63.2 Å². The van der Waals surface area contributed by atoms with Crippen molar-refractivity contribution in [1.82, 2.24) is 25.1 Å². The lowest BCUT2D eigenvalue weighted by molar-refractivity contribution is -0.120. The maximum Gasteiger partial charge on any atom is 0.217 e. The van der Waals surface area contributed by atoms with Crippen LogP contribution in [0.2, 0.25) is 0 Å². The van der Waals surface area contributed by atoms with Crippen molar-refractivity contribution in [1.29, 1.82) is 0 Å². The van der Waals surface area contributed by atoms with Crippen LogP contribution >= 0.6 is 0 Å². The molecule has 1 aliphatic rings.